The number of carbonyl (C=O) groups excluding carboxylic acids is 1. The van der Waals surface area contributed by atoms with Gasteiger partial charge in [0.1, 0.15) is 6.04 Å². The van der Waals surface area contributed by atoms with Gasteiger partial charge < -0.3 is 10.5 Å². The van der Waals surface area contributed by atoms with Crippen molar-refractivity contribution in [2.24, 2.45) is 5.73 Å². The second-order valence-corrected chi connectivity index (χ2v) is 4.09. The molecule has 1 atom stereocenters. The van der Waals surface area contributed by atoms with E-state index in [1.165, 1.54) is 7.11 Å². The predicted molar refractivity (Wildman–Crippen MR) is 65.5 cm³/mol. The average molecular weight is 239 g/mol. The summed E-state index contributed by atoms with van der Waals surface area (Å²) in [5.74, 6) is -0.401. The summed E-state index contributed by atoms with van der Waals surface area (Å²) in [5.41, 5.74) is 6.51. The van der Waals surface area contributed by atoms with Crippen molar-refractivity contribution in [3.8, 4) is 0 Å². The van der Waals surface area contributed by atoms with E-state index in [9.17, 15) is 4.79 Å². The highest BCUT2D eigenvalue weighted by Crippen LogP contribution is 2.14. The lowest BCUT2D eigenvalue weighted by Crippen LogP contribution is -2.33. The van der Waals surface area contributed by atoms with E-state index in [0.717, 1.165) is 18.5 Å². The summed E-state index contributed by atoms with van der Waals surface area (Å²) < 4.78 is 6.53. The van der Waals surface area contributed by atoms with Gasteiger partial charge in [-0.1, -0.05) is 13.8 Å². The maximum atomic E-state index is 11.2. The monoisotopic (exact) mass is 239 g/mol. The Kier molecular flexibility index (Phi) is 5.15. The van der Waals surface area contributed by atoms with Crippen LogP contribution >= 0.6 is 0 Å². The summed E-state index contributed by atoms with van der Waals surface area (Å²) >= 11 is 0. The fourth-order valence-corrected chi connectivity index (χ4v) is 1.81. The van der Waals surface area contributed by atoms with E-state index in [0.29, 0.717) is 12.5 Å². The van der Waals surface area contributed by atoms with Crippen molar-refractivity contribution in [1.29, 1.82) is 0 Å². The molecule has 0 fully saturated rings. The number of esters is 1. The van der Waals surface area contributed by atoms with Crippen LogP contribution in [0.4, 0.5) is 0 Å². The Bertz CT molecular complexity index is 358. The zero-order valence-corrected chi connectivity index (χ0v) is 10.7. The van der Waals surface area contributed by atoms with Crippen molar-refractivity contribution in [3.63, 3.8) is 0 Å². The number of rotatable bonds is 6. The van der Waals surface area contributed by atoms with Gasteiger partial charge in [-0.15, -0.1) is 0 Å². The Morgan fingerprint density at radius 1 is 1.53 bits per heavy atom. The van der Waals surface area contributed by atoms with Crippen molar-refractivity contribution in [2.75, 3.05) is 7.11 Å². The Labute approximate surface area is 102 Å². The van der Waals surface area contributed by atoms with E-state index in [2.05, 4.69) is 23.7 Å². The van der Waals surface area contributed by atoms with Gasteiger partial charge in [0.25, 0.3) is 0 Å². The first-order valence-corrected chi connectivity index (χ1v) is 5.99. The van der Waals surface area contributed by atoms with Crippen LogP contribution in [-0.4, -0.2) is 28.9 Å². The van der Waals surface area contributed by atoms with E-state index >= 15 is 0 Å². The van der Waals surface area contributed by atoms with Crippen LogP contribution in [0.2, 0.25) is 0 Å². The Morgan fingerprint density at radius 2 is 2.18 bits per heavy atom. The summed E-state index contributed by atoms with van der Waals surface area (Å²) in [6.07, 6.45) is 4.44. The number of hydrogen-bond acceptors (Lipinski definition) is 4. The van der Waals surface area contributed by atoms with E-state index in [1.54, 1.807) is 0 Å². The molecule has 0 amide bonds. The third kappa shape index (κ3) is 3.56. The largest absolute Gasteiger partial charge is 0.468 e. The Morgan fingerprint density at radius 3 is 2.71 bits per heavy atom. The van der Waals surface area contributed by atoms with Crippen molar-refractivity contribution in [3.05, 3.63) is 18.0 Å². The van der Waals surface area contributed by atoms with Crippen LogP contribution in [0, 0.1) is 0 Å². The van der Waals surface area contributed by atoms with E-state index in [-0.39, 0.29) is 0 Å². The maximum absolute atomic E-state index is 11.2. The minimum absolute atomic E-state index is 0.401. The molecule has 0 saturated carbocycles. The van der Waals surface area contributed by atoms with Gasteiger partial charge >= 0.3 is 5.97 Å². The molecule has 96 valence electrons. The van der Waals surface area contributed by atoms with E-state index in [4.69, 9.17) is 5.73 Å². The number of carbonyl (C=O) groups is 1. The van der Waals surface area contributed by atoms with Crippen LogP contribution in [0.5, 0.6) is 0 Å². The molecule has 0 aromatic carbocycles. The maximum Gasteiger partial charge on any atom is 0.323 e. The summed E-state index contributed by atoms with van der Waals surface area (Å²) in [5, 5.41) is 4.44. The molecular formula is C12H21N3O2. The van der Waals surface area contributed by atoms with Gasteiger partial charge in [0.05, 0.1) is 18.8 Å². The quantitative estimate of drug-likeness (QED) is 0.759. The van der Waals surface area contributed by atoms with Crippen LogP contribution in [0.15, 0.2) is 12.3 Å². The van der Waals surface area contributed by atoms with Crippen molar-refractivity contribution < 1.29 is 9.53 Å². The molecule has 1 heterocycles. The van der Waals surface area contributed by atoms with Crippen LogP contribution in [0.1, 0.15) is 38.4 Å². The topological polar surface area (TPSA) is 70.1 Å². The molecule has 0 aliphatic carbocycles. The zero-order chi connectivity index (χ0) is 12.8. The molecule has 0 aliphatic rings. The van der Waals surface area contributed by atoms with Crippen molar-refractivity contribution in [2.45, 2.75) is 45.2 Å². The fraction of sp³-hybridized carbons (Fsp3) is 0.667. The smallest absolute Gasteiger partial charge is 0.323 e. The number of nitrogens with zero attached hydrogens (tertiary/aromatic N) is 2. The lowest BCUT2D eigenvalue weighted by molar-refractivity contribution is -0.142. The average Bonchev–Trinajstić information content (AvgIpc) is 2.78. The molecule has 0 radical (unpaired) electrons. The Balaban J connectivity index is 2.65. The van der Waals surface area contributed by atoms with E-state index < -0.39 is 12.0 Å². The molecule has 5 nitrogen and oxygen atoms in total. The van der Waals surface area contributed by atoms with Crippen molar-refractivity contribution in [1.82, 2.24) is 9.78 Å². The standard InChI is InChI=1S/C12H21N3O2/c1-4-10(5-2)15-7-6-9(14-15)8-11(13)12(16)17-3/h6-7,10-11H,4-5,8,13H2,1-3H3. The molecule has 2 N–H and O–H groups in total. The Hall–Kier alpha value is -1.36. The first kappa shape index (κ1) is 13.7. The highest BCUT2D eigenvalue weighted by Gasteiger charge is 2.16. The molecule has 1 aromatic rings. The van der Waals surface area contributed by atoms with Gasteiger partial charge in [-0.2, -0.15) is 5.10 Å². The second kappa shape index (κ2) is 6.39. The summed E-state index contributed by atoms with van der Waals surface area (Å²) in [6, 6.07) is 1.68. The third-order valence-electron chi connectivity index (χ3n) is 2.91. The molecule has 0 aliphatic heterocycles. The fourth-order valence-electron chi connectivity index (χ4n) is 1.81. The number of nitrogens with two attached hydrogens (primary N) is 1. The molecule has 17 heavy (non-hydrogen) atoms. The number of hydrogen-bond donors (Lipinski definition) is 1. The normalized spacial score (nSPS) is 12.8. The van der Waals surface area contributed by atoms with Gasteiger partial charge in [0.15, 0.2) is 0 Å². The highest BCUT2D eigenvalue weighted by molar-refractivity contribution is 5.75. The lowest BCUT2D eigenvalue weighted by Gasteiger charge is -2.12. The predicted octanol–water partition coefficient (Wildman–Crippen LogP) is 1.29. The summed E-state index contributed by atoms with van der Waals surface area (Å²) in [6.45, 7) is 4.27. The summed E-state index contributed by atoms with van der Waals surface area (Å²) in [7, 11) is 1.34. The van der Waals surface area contributed by atoms with Crippen LogP contribution in [-0.2, 0) is 16.0 Å². The van der Waals surface area contributed by atoms with Crippen LogP contribution in [0.25, 0.3) is 0 Å². The molecule has 0 bridgehead atoms. The number of aromatic nitrogens is 2. The minimum atomic E-state index is -0.634. The van der Waals surface area contributed by atoms with Gasteiger partial charge in [-0.25, -0.2) is 0 Å². The van der Waals surface area contributed by atoms with Crippen LogP contribution < -0.4 is 5.73 Å². The SMILES string of the molecule is CCC(CC)n1ccc(CC(N)C(=O)OC)n1. The molecular weight excluding hydrogens is 218 g/mol. The van der Waals surface area contributed by atoms with E-state index in [1.807, 2.05) is 16.9 Å². The van der Waals surface area contributed by atoms with Gasteiger partial charge in [-0.3, -0.25) is 9.48 Å². The molecule has 0 spiro atoms. The van der Waals surface area contributed by atoms with Gasteiger partial charge in [-0.05, 0) is 18.9 Å². The van der Waals surface area contributed by atoms with Crippen LogP contribution in [0.3, 0.4) is 0 Å². The third-order valence-corrected chi connectivity index (χ3v) is 2.91. The second-order valence-electron chi connectivity index (χ2n) is 4.09. The highest BCUT2D eigenvalue weighted by atomic mass is 16.5. The van der Waals surface area contributed by atoms with Crippen molar-refractivity contribution >= 4 is 5.97 Å². The molecule has 5 heteroatoms. The van der Waals surface area contributed by atoms with Gasteiger partial charge in [0, 0.05) is 12.6 Å². The number of methoxy groups -OCH3 is 1. The summed E-state index contributed by atoms with van der Waals surface area (Å²) in [4.78, 5) is 11.2. The first-order valence-electron chi connectivity index (χ1n) is 5.99. The first-order chi connectivity index (χ1) is 8.12. The molecule has 1 aromatic heterocycles. The zero-order valence-electron chi connectivity index (χ0n) is 10.7. The lowest BCUT2D eigenvalue weighted by atomic mass is 10.2. The molecule has 0 saturated heterocycles. The molecule has 1 rings (SSSR count). The molecule has 1 unspecified atom stereocenters. The minimum Gasteiger partial charge on any atom is -0.468 e. The van der Waals surface area contributed by atoms with Gasteiger partial charge in [0.2, 0.25) is 0 Å². The number of ether oxygens (including phenoxy) is 1.